The molecule has 2 nitrogen and oxygen atoms in total. The molecule has 100 valence electrons. The van der Waals surface area contributed by atoms with E-state index in [0.29, 0.717) is 4.99 Å². The molecule has 1 rings (SSSR count). The van der Waals surface area contributed by atoms with Crippen molar-refractivity contribution >= 4 is 17.2 Å². The molecule has 17 heavy (non-hydrogen) atoms. The van der Waals surface area contributed by atoms with Gasteiger partial charge in [0.1, 0.15) is 0 Å². The highest BCUT2D eigenvalue weighted by Gasteiger charge is 2.26. The third kappa shape index (κ3) is 4.22. The van der Waals surface area contributed by atoms with Crippen molar-refractivity contribution in [3.8, 4) is 0 Å². The molecule has 3 heteroatoms. The molecule has 1 heterocycles. The monoisotopic (exact) mass is 256 g/mol. The zero-order valence-corrected chi connectivity index (χ0v) is 12.6. The van der Waals surface area contributed by atoms with Crippen LogP contribution in [0.4, 0.5) is 0 Å². The van der Waals surface area contributed by atoms with Crippen molar-refractivity contribution < 1.29 is 0 Å². The van der Waals surface area contributed by atoms with Crippen molar-refractivity contribution in [2.24, 2.45) is 11.1 Å². The predicted octanol–water partition coefficient (Wildman–Crippen LogP) is 3.34. The highest BCUT2D eigenvalue weighted by Crippen LogP contribution is 2.26. The number of nitrogens with two attached hydrogens (primary N) is 1. The molecule has 1 saturated heterocycles. The van der Waals surface area contributed by atoms with Crippen LogP contribution >= 0.6 is 12.2 Å². The second-order valence-corrected chi connectivity index (χ2v) is 6.66. The van der Waals surface area contributed by atoms with Gasteiger partial charge in [-0.3, -0.25) is 4.90 Å². The summed E-state index contributed by atoms with van der Waals surface area (Å²) in [6, 6.07) is 1.48. The fraction of sp³-hybridized carbons (Fsp3) is 0.929. The van der Waals surface area contributed by atoms with E-state index in [0.717, 1.165) is 18.5 Å². The highest BCUT2D eigenvalue weighted by atomic mass is 32.1. The topological polar surface area (TPSA) is 29.3 Å². The maximum absolute atomic E-state index is 5.76. The van der Waals surface area contributed by atoms with E-state index in [-0.39, 0.29) is 5.41 Å². The summed E-state index contributed by atoms with van der Waals surface area (Å²) in [4.78, 5) is 3.30. The summed E-state index contributed by atoms with van der Waals surface area (Å²) in [5.41, 5.74) is 5.77. The van der Waals surface area contributed by atoms with Gasteiger partial charge in [0.25, 0.3) is 0 Å². The van der Waals surface area contributed by atoms with E-state index in [9.17, 15) is 0 Å². The lowest BCUT2D eigenvalue weighted by atomic mass is 9.87. The Kier molecular flexibility index (Phi) is 5.39. The number of likely N-dealkylation sites (tertiary alicyclic amines) is 1. The van der Waals surface area contributed by atoms with Crippen LogP contribution in [0.15, 0.2) is 0 Å². The molecule has 0 bridgehead atoms. The second kappa shape index (κ2) is 6.14. The quantitative estimate of drug-likeness (QED) is 0.765. The van der Waals surface area contributed by atoms with Gasteiger partial charge in [0.2, 0.25) is 0 Å². The van der Waals surface area contributed by atoms with E-state index < -0.39 is 0 Å². The predicted molar refractivity (Wildman–Crippen MR) is 79.3 cm³/mol. The molecule has 0 aromatic carbocycles. The number of piperidine rings is 1. The van der Waals surface area contributed by atoms with Crippen LogP contribution in [0.2, 0.25) is 0 Å². The molecule has 2 N–H and O–H groups in total. The van der Waals surface area contributed by atoms with E-state index in [1.54, 1.807) is 0 Å². The molecule has 0 radical (unpaired) electrons. The van der Waals surface area contributed by atoms with Crippen LogP contribution in [0, 0.1) is 5.41 Å². The summed E-state index contributed by atoms with van der Waals surface area (Å²) in [7, 11) is 0. The van der Waals surface area contributed by atoms with Gasteiger partial charge in [-0.15, -0.1) is 0 Å². The molecule has 1 aliphatic heterocycles. The fourth-order valence-corrected chi connectivity index (χ4v) is 2.84. The molecule has 2 atom stereocenters. The number of rotatable bonds is 5. The van der Waals surface area contributed by atoms with Gasteiger partial charge in [-0.2, -0.15) is 0 Å². The van der Waals surface area contributed by atoms with Crippen molar-refractivity contribution in [1.29, 1.82) is 0 Å². The lowest BCUT2D eigenvalue weighted by molar-refractivity contribution is 0.0990. The summed E-state index contributed by atoms with van der Waals surface area (Å²) >= 11 is 5.11. The Balaban J connectivity index is 2.37. The van der Waals surface area contributed by atoms with Crippen LogP contribution in [-0.2, 0) is 0 Å². The Hall–Kier alpha value is -0.150. The van der Waals surface area contributed by atoms with Crippen molar-refractivity contribution in [1.82, 2.24) is 4.90 Å². The van der Waals surface area contributed by atoms with E-state index in [4.69, 9.17) is 18.0 Å². The maximum Gasteiger partial charge on any atom is 0.0784 e. The zero-order valence-electron chi connectivity index (χ0n) is 11.8. The summed E-state index contributed by atoms with van der Waals surface area (Å²) in [6.07, 6.45) is 6.38. The largest absolute Gasteiger partial charge is 0.393 e. The fourth-order valence-electron chi connectivity index (χ4n) is 2.74. The Labute approximate surface area is 112 Å². The third-order valence-electron chi connectivity index (χ3n) is 4.26. The Morgan fingerprint density at radius 2 is 1.82 bits per heavy atom. The summed E-state index contributed by atoms with van der Waals surface area (Å²) in [6.45, 7) is 10.2. The summed E-state index contributed by atoms with van der Waals surface area (Å²) in [5, 5.41) is 0. The van der Waals surface area contributed by atoms with Gasteiger partial charge in [-0.05, 0) is 46.1 Å². The molecule has 0 aromatic rings. The molecule has 0 unspecified atom stereocenters. The van der Waals surface area contributed by atoms with Gasteiger partial charge in [0.05, 0.1) is 4.99 Å². The van der Waals surface area contributed by atoms with Crippen LogP contribution in [0.1, 0.15) is 59.8 Å². The smallest absolute Gasteiger partial charge is 0.0784 e. The van der Waals surface area contributed by atoms with Crippen LogP contribution in [0.25, 0.3) is 0 Å². The summed E-state index contributed by atoms with van der Waals surface area (Å²) in [5.74, 6) is 0. The van der Waals surface area contributed by atoms with Crippen LogP contribution in [0.5, 0.6) is 0 Å². The first-order valence-electron chi connectivity index (χ1n) is 6.90. The first kappa shape index (κ1) is 14.9. The van der Waals surface area contributed by atoms with Crippen molar-refractivity contribution in [2.75, 3.05) is 6.54 Å². The molecule has 0 spiro atoms. The molecule has 0 aromatic heterocycles. The minimum atomic E-state index is 0.0115. The Morgan fingerprint density at radius 1 is 1.29 bits per heavy atom. The number of hydrogen-bond donors (Lipinski definition) is 1. The van der Waals surface area contributed by atoms with Crippen LogP contribution in [-0.4, -0.2) is 28.5 Å². The first-order chi connectivity index (χ1) is 7.84. The van der Waals surface area contributed by atoms with E-state index in [1.807, 2.05) is 0 Å². The Bertz CT molecular complexity index is 253. The van der Waals surface area contributed by atoms with E-state index >= 15 is 0 Å². The third-order valence-corrected chi connectivity index (χ3v) is 4.81. The molecule has 1 aliphatic rings. The molecule has 0 saturated carbocycles. The SMILES string of the molecule is C[C@@H]1CCC[C@H](C)N1CCCC(C)(C)C(N)=S. The molecular formula is C14H28N2S. The molecular weight excluding hydrogens is 228 g/mol. The van der Waals surface area contributed by atoms with Gasteiger partial charge < -0.3 is 5.73 Å². The lowest BCUT2D eigenvalue weighted by Crippen LogP contribution is -2.44. The zero-order chi connectivity index (χ0) is 13.1. The van der Waals surface area contributed by atoms with Crippen molar-refractivity contribution in [3.05, 3.63) is 0 Å². The van der Waals surface area contributed by atoms with Crippen molar-refractivity contribution in [2.45, 2.75) is 71.9 Å². The normalized spacial score (nSPS) is 27.1. The minimum absolute atomic E-state index is 0.0115. The molecule has 1 fully saturated rings. The van der Waals surface area contributed by atoms with Crippen LogP contribution < -0.4 is 5.73 Å². The number of nitrogens with zero attached hydrogens (tertiary/aromatic N) is 1. The van der Waals surface area contributed by atoms with Gasteiger partial charge in [0.15, 0.2) is 0 Å². The average molecular weight is 256 g/mol. The van der Waals surface area contributed by atoms with Gasteiger partial charge in [-0.1, -0.05) is 32.5 Å². The van der Waals surface area contributed by atoms with Gasteiger partial charge in [-0.25, -0.2) is 0 Å². The van der Waals surface area contributed by atoms with Gasteiger partial charge in [0, 0.05) is 17.5 Å². The van der Waals surface area contributed by atoms with E-state index in [1.165, 1.54) is 32.2 Å². The van der Waals surface area contributed by atoms with E-state index in [2.05, 4.69) is 32.6 Å². The van der Waals surface area contributed by atoms with Crippen LogP contribution in [0.3, 0.4) is 0 Å². The van der Waals surface area contributed by atoms with Crippen molar-refractivity contribution in [3.63, 3.8) is 0 Å². The highest BCUT2D eigenvalue weighted by molar-refractivity contribution is 7.80. The number of thiocarbonyl (C=S) groups is 1. The molecule has 0 aliphatic carbocycles. The average Bonchev–Trinajstić information content (AvgIpc) is 2.22. The first-order valence-corrected chi connectivity index (χ1v) is 7.31. The Morgan fingerprint density at radius 3 is 2.29 bits per heavy atom. The maximum atomic E-state index is 5.76. The lowest BCUT2D eigenvalue weighted by Gasteiger charge is -2.39. The second-order valence-electron chi connectivity index (χ2n) is 6.22. The summed E-state index contributed by atoms with van der Waals surface area (Å²) < 4.78 is 0. The van der Waals surface area contributed by atoms with Gasteiger partial charge >= 0.3 is 0 Å². The minimum Gasteiger partial charge on any atom is -0.393 e. The molecule has 0 amide bonds. The standard InChI is InChI=1S/C14H28N2S/c1-11-7-5-8-12(2)16(11)10-6-9-14(3,4)13(15)17/h11-12H,5-10H2,1-4H3,(H2,15,17)/t11-,12+. The number of hydrogen-bond acceptors (Lipinski definition) is 2.